The van der Waals surface area contributed by atoms with E-state index in [1.54, 1.807) is 31.2 Å². The highest BCUT2D eigenvalue weighted by Gasteiger charge is 2.16. The third-order valence-electron chi connectivity index (χ3n) is 3.71. The molecule has 0 heterocycles. The van der Waals surface area contributed by atoms with E-state index < -0.39 is 21.9 Å². The minimum absolute atomic E-state index is 0.0707. The van der Waals surface area contributed by atoms with Crippen molar-refractivity contribution in [1.29, 1.82) is 0 Å². The first-order chi connectivity index (χ1) is 13.4. The van der Waals surface area contributed by atoms with E-state index in [0.29, 0.717) is 11.4 Å². The van der Waals surface area contributed by atoms with Crippen molar-refractivity contribution < 1.29 is 27.5 Å². The van der Waals surface area contributed by atoms with Crippen LogP contribution in [0.25, 0.3) is 0 Å². The predicted molar refractivity (Wildman–Crippen MR) is 104 cm³/mol. The van der Waals surface area contributed by atoms with Crippen molar-refractivity contribution in [1.82, 2.24) is 4.72 Å². The van der Waals surface area contributed by atoms with Gasteiger partial charge in [-0.1, -0.05) is 12.1 Å². The van der Waals surface area contributed by atoms with E-state index in [-0.39, 0.29) is 30.0 Å². The number of amides is 1. The van der Waals surface area contributed by atoms with Crippen LogP contribution in [0.3, 0.4) is 0 Å². The molecule has 0 atom stereocenters. The number of para-hydroxylation sites is 1. The fourth-order valence-corrected chi connectivity index (χ4v) is 3.36. The Balaban J connectivity index is 1.93. The minimum Gasteiger partial charge on any atom is -0.497 e. The fourth-order valence-electron chi connectivity index (χ4n) is 2.33. The molecule has 9 heteroatoms. The maximum Gasteiger partial charge on any atom is 0.340 e. The Labute approximate surface area is 163 Å². The van der Waals surface area contributed by atoms with Gasteiger partial charge in [0.15, 0.2) is 0 Å². The number of hydrogen-bond donors (Lipinski definition) is 2. The zero-order valence-corrected chi connectivity index (χ0v) is 16.4. The van der Waals surface area contributed by atoms with Crippen LogP contribution in [-0.2, 0) is 19.6 Å². The highest BCUT2D eigenvalue weighted by molar-refractivity contribution is 7.89. The Bertz CT molecular complexity index is 926. The third-order valence-corrected chi connectivity index (χ3v) is 5.19. The number of carbonyl (C=O) groups is 2. The molecule has 0 aromatic heterocycles. The van der Waals surface area contributed by atoms with Crippen molar-refractivity contribution in [3.8, 4) is 5.75 Å². The Morgan fingerprint density at radius 2 is 1.71 bits per heavy atom. The molecule has 2 aromatic carbocycles. The van der Waals surface area contributed by atoms with Gasteiger partial charge in [-0.05, 0) is 43.3 Å². The number of esters is 1. The van der Waals surface area contributed by atoms with Gasteiger partial charge in [-0.2, -0.15) is 0 Å². The van der Waals surface area contributed by atoms with Crippen LogP contribution in [-0.4, -0.2) is 40.6 Å². The molecular formula is C19H22N2O6S. The number of benzene rings is 2. The SMILES string of the molecule is CCOC(=O)c1ccccc1NC(=O)CCNS(=O)(=O)c1ccc(OC)cc1. The lowest BCUT2D eigenvalue weighted by Crippen LogP contribution is -2.28. The van der Waals surface area contributed by atoms with Gasteiger partial charge < -0.3 is 14.8 Å². The molecule has 0 fully saturated rings. The number of ether oxygens (including phenoxy) is 2. The van der Waals surface area contributed by atoms with Gasteiger partial charge in [-0.25, -0.2) is 17.9 Å². The molecular weight excluding hydrogens is 384 g/mol. The largest absolute Gasteiger partial charge is 0.497 e. The van der Waals surface area contributed by atoms with Gasteiger partial charge in [0.2, 0.25) is 15.9 Å². The molecule has 0 radical (unpaired) electrons. The van der Waals surface area contributed by atoms with Crippen molar-refractivity contribution in [2.75, 3.05) is 25.6 Å². The molecule has 28 heavy (non-hydrogen) atoms. The van der Waals surface area contributed by atoms with E-state index in [2.05, 4.69) is 10.0 Å². The number of sulfonamides is 1. The van der Waals surface area contributed by atoms with Gasteiger partial charge in [0.25, 0.3) is 0 Å². The highest BCUT2D eigenvalue weighted by atomic mass is 32.2. The fraction of sp³-hybridized carbons (Fsp3) is 0.263. The second kappa shape index (κ2) is 9.86. The number of anilines is 1. The summed E-state index contributed by atoms with van der Waals surface area (Å²) in [6.07, 6.45) is -0.105. The van der Waals surface area contributed by atoms with E-state index in [1.807, 2.05) is 0 Å². The zero-order chi connectivity index (χ0) is 20.6. The highest BCUT2D eigenvalue weighted by Crippen LogP contribution is 2.17. The molecule has 1 amide bonds. The lowest BCUT2D eigenvalue weighted by atomic mass is 10.1. The number of rotatable bonds is 9. The average Bonchev–Trinajstić information content (AvgIpc) is 2.68. The maximum atomic E-state index is 12.2. The summed E-state index contributed by atoms with van der Waals surface area (Å²) in [5, 5.41) is 2.60. The van der Waals surface area contributed by atoms with Crippen molar-refractivity contribution in [3.63, 3.8) is 0 Å². The van der Waals surface area contributed by atoms with Gasteiger partial charge in [0.1, 0.15) is 5.75 Å². The quantitative estimate of drug-likeness (QED) is 0.618. The zero-order valence-electron chi connectivity index (χ0n) is 15.6. The van der Waals surface area contributed by atoms with Crippen molar-refractivity contribution in [2.24, 2.45) is 0 Å². The molecule has 150 valence electrons. The Kier molecular flexibility index (Phi) is 7.53. The van der Waals surface area contributed by atoms with Gasteiger partial charge in [-0.15, -0.1) is 0 Å². The van der Waals surface area contributed by atoms with Gasteiger partial charge in [0, 0.05) is 13.0 Å². The predicted octanol–water partition coefficient (Wildman–Crippen LogP) is 2.18. The Morgan fingerprint density at radius 3 is 2.36 bits per heavy atom. The number of hydrogen-bond acceptors (Lipinski definition) is 6. The summed E-state index contributed by atoms with van der Waals surface area (Å²) in [7, 11) is -2.26. The Hall–Kier alpha value is -2.91. The van der Waals surface area contributed by atoms with Crippen LogP contribution in [0.5, 0.6) is 5.75 Å². The monoisotopic (exact) mass is 406 g/mol. The van der Waals surface area contributed by atoms with Crippen LogP contribution in [0.2, 0.25) is 0 Å². The first-order valence-electron chi connectivity index (χ1n) is 8.57. The van der Waals surface area contributed by atoms with Crippen molar-refractivity contribution >= 4 is 27.6 Å². The summed E-state index contributed by atoms with van der Waals surface area (Å²) in [5.74, 6) is -0.439. The molecule has 0 spiro atoms. The molecule has 0 aliphatic rings. The summed E-state index contributed by atoms with van der Waals surface area (Å²) in [5.41, 5.74) is 0.542. The molecule has 0 bridgehead atoms. The molecule has 0 aliphatic carbocycles. The van der Waals surface area contributed by atoms with E-state index in [9.17, 15) is 18.0 Å². The van der Waals surface area contributed by atoms with Crippen LogP contribution in [0.15, 0.2) is 53.4 Å². The molecule has 0 saturated heterocycles. The van der Waals surface area contributed by atoms with Crippen LogP contribution < -0.4 is 14.8 Å². The second-order valence-electron chi connectivity index (χ2n) is 5.64. The standard InChI is InChI=1S/C19H22N2O6S/c1-3-27-19(23)16-6-4-5-7-17(16)21-18(22)12-13-20-28(24,25)15-10-8-14(26-2)9-11-15/h4-11,20H,3,12-13H2,1-2H3,(H,21,22). The molecule has 0 unspecified atom stereocenters. The first kappa shape index (κ1) is 21.4. The van der Waals surface area contributed by atoms with Crippen LogP contribution >= 0.6 is 0 Å². The van der Waals surface area contributed by atoms with E-state index in [1.165, 1.54) is 31.4 Å². The van der Waals surface area contributed by atoms with Crippen molar-refractivity contribution in [3.05, 3.63) is 54.1 Å². The Morgan fingerprint density at radius 1 is 1.04 bits per heavy atom. The normalized spacial score (nSPS) is 10.9. The van der Waals surface area contributed by atoms with E-state index >= 15 is 0 Å². The minimum atomic E-state index is -3.74. The smallest absolute Gasteiger partial charge is 0.340 e. The van der Waals surface area contributed by atoms with Crippen molar-refractivity contribution in [2.45, 2.75) is 18.2 Å². The molecule has 2 rings (SSSR count). The van der Waals surface area contributed by atoms with Crippen LogP contribution in [0.4, 0.5) is 5.69 Å². The van der Waals surface area contributed by atoms with Crippen LogP contribution in [0, 0.1) is 0 Å². The summed E-state index contributed by atoms with van der Waals surface area (Å²) in [6, 6.07) is 12.3. The second-order valence-corrected chi connectivity index (χ2v) is 7.40. The first-order valence-corrected chi connectivity index (χ1v) is 10.1. The number of methoxy groups -OCH3 is 1. The summed E-state index contributed by atoms with van der Waals surface area (Å²) >= 11 is 0. The van der Waals surface area contributed by atoms with E-state index in [4.69, 9.17) is 9.47 Å². The summed E-state index contributed by atoms with van der Waals surface area (Å²) < 4.78 is 36.8. The summed E-state index contributed by atoms with van der Waals surface area (Å²) in [6.45, 7) is 1.81. The van der Waals surface area contributed by atoms with Crippen LogP contribution in [0.1, 0.15) is 23.7 Å². The van der Waals surface area contributed by atoms with Gasteiger partial charge in [-0.3, -0.25) is 4.79 Å². The number of carbonyl (C=O) groups excluding carboxylic acids is 2. The van der Waals surface area contributed by atoms with Gasteiger partial charge >= 0.3 is 5.97 Å². The van der Waals surface area contributed by atoms with E-state index in [0.717, 1.165) is 0 Å². The molecule has 0 saturated carbocycles. The molecule has 2 aromatic rings. The average molecular weight is 406 g/mol. The van der Waals surface area contributed by atoms with Gasteiger partial charge in [0.05, 0.1) is 29.9 Å². The molecule has 2 N–H and O–H groups in total. The third kappa shape index (κ3) is 5.80. The maximum absolute atomic E-state index is 12.2. The summed E-state index contributed by atoms with van der Waals surface area (Å²) in [4.78, 5) is 24.1. The molecule has 0 aliphatic heterocycles. The lowest BCUT2D eigenvalue weighted by Gasteiger charge is -2.11. The topological polar surface area (TPSA) is 111 Å². The number of nitrogens with one attached hydrogen (secondary N) is 2. The molecule has 8 nitrogen and oxygen atoms in total. The lowest BCUT2D eigenvalue weighted by molar-refractivity contribution is -0.116.